The average molecular weight is 498 g/mol. The van der Waals surface area contributed by atoms with Gasteiger partial charge < -0.3 is 20.6 Å². The van der Waals surface area contributed by atoms with E-state index in [-0.39, 0.29) is 10.9 Å². The number of benzene rings is 3. The molecule has 3 aromatic carbocycles. The van der Waals surface area contributed by atoms with Crippen LogP contribution in [0.2, 0.25) is 10.0 Å². The third-order valence-electron chi connectivity index (χ3n) is 5.61. The minimum absolute atomic E-state index is 0.264. The summed E-state index contributed by atoms with van der Waals surface area (Å²) in [5, 5.41) is 15.3. The highest BCUT2D eigenvalue weighted by molar-refractivity contribution is 6.44. The normalized spacial score (nSPS) is 15.1. The zero-order chi connectivity index (χ0) is 24.2. The molecule has 174 valence electrons. The molecule has 1 atom stereocenters. The minimum atomic E-state index is -0.972. The van der Waals surface area contributed by atoms with Gasteiger partial charge in [0.25, 0.3) is 5.91 Å². The predicted molar refractivity (Wildman–Crippen MR) is 133 cm³/mol. The molecule has 4 rings (SSSR count). The number of hydrogen-bond acceptors (Lipinski definition) is 3. The summed E-state index contributed by atoms with van der Waals surface area (Å²) in [6.07, 6.45) is 1.16. The van der Waals surface area contributed by atoms with Crippen molar-refractivity contribution in [3.05, 3.63) is 82.3 Å². The minimum Gasteiger partial charge on any atom is -0.480 e. The van der Waals surface area contributed by atoms with Crippen LogP contribution >= 0.6 is 23.2 Å². The molecule has 1 fully saturated rings. The number of hydrogen-bond donors (Lipinski definition) is 3. The summed E-state index contributed by atoms with van der Waals surface area (Å²) in [6, 6.07) is 18.0. The number of nitrogens with zero attached hydrogens (tertiary/aromatic N) is 1. The number of amides is 3. The highest BCUT2D eigenvalue weighted by Crippen LogP contribution is 2.30. The first-order valence-corrected chi connectivity index (χ1v) is 11.4. The third-order valence-corrected chi connectivity index (χ3v) is 6.43. The molecule has 3 N–H and O–H groups in total. The molecule has 1 aliphatic heterocycles. The number of rotatable bonds is 5. The molecule has 0 radical (unpaired) electrons. The van der Waals surface area contributed by atoms with Crippen molar-refractivity contribution >= 4 is 52.5 Å². The Kier molecular flexibility index (Phi) is 7.05. The third kappa shape index (κ3) is 5.16. The molecule has 0 unspecified atom stereocenters. The molecule has 0 bridgehead atoms. The number of carbonyl (C=O) groups is 3. The van der Waals surface area contributed by atoms with E-state index in [1.807, 2.05) is 24.3 Å². The van der Waals surface area contributed by atoms with E-state index in [9.17, 15) is 19.5 Å². The van der Waals surface area contributed by atoms with Crippen LogP contribution in [0.5, 0.6) is 0 Å². The van der Waals surface area contributed by atoms with E-state index in [2.05, 4.69) is 10.6 Å². The van der Waals surface area contributed by atoms with Crippen LogP contribution < -0.4 is 10.6 Å². The van der Waals surface area contributed by atoms with Crippen molar-refractivity contribution in [3.63, 3.8) is 0 Å². The lowest BCUT2D eigenvalue weighted by atomic mass is 10.0. The fraction of sp³-hybridized carbons (Fsp3) is 0.160. The van der Waals surface area contributed by atoms with E-state index in [4.69, 9.17) is 23.2 Å². The van der Waals surface area contributed by atoms with Crippen molar-refractivity contribution in [2.45, 2.75) is 18.9 Å². The lowest BCUT2D eigenvalue weighted by molar-refractivity contribution is -0.141. The Bertz CT molecular complexity index is 1230. The van der Waals surface area contributed by atoms with E-state index in [0.29, 0.717) is 41.3 Å². The molecule has 1 aliphatic rings. The molecule has 0 aromatic heterocycles. The van der Waals surface area contributed by atoms with Crippen LogP contribution in [-0.2, 0) is 4.79 Å². The first-order valence-electron chi connectivity index (χ1n) is 10.6. The fourth-order valence-electron chi connectivity index (χ4n) is 3.87. The fourth-order valence-corrected chi connectivity index (χ4v) is 4.22. The standard InChI is InChI=1S/C25H21Cl2N3O4/c26-19-3-1-4-20(22(19)27)29-25(34)28-18-12-10-16(11-13-18)15-6-8-17(9-7-15)23(31)30-14-2-5-21(30)24(32)33/h1,3-4,6-13,21H,2,5,14H2,(H,32,33)(H2,28,29,34)/t21-/m0/s1. The molecule has 1 saturated heterocycles. The Balaban J connectivity index is 1.40. The Labute approximate surface area is 206 Å². The second-order valence-corrected chi connectivity index (χ2v) is 8.62. The van der Waals surface area contributed by atoms with Crippen molar-refractivity contribution < 1.29 is 19.5 Å². The summed E-state index contributed by atoms with van der Waals surface area (Å²) < 4.78 is 0. The van der Waals surface area contributed by atoms with Gasteiger partial charge in [0, 0.05) is 17.8 Å². The van der Waals surface area contributed by atoms with Gasteiger partial charge in [-0.2, -0.15) is 0 Å². The number of carbonyl (C=O) groups excluding carboxylic acids is 2. The molecule has 3 aromatic rings. The van der Waals surface area contributed by atoms with Crippen molar-refractivity contribution in [1.82, 2.24) is 4.90 Å². The van der Waals surface area contributed by atoms with Gasteiger partial charge in [-0.3, -0.25) is 4.79 Å². The highest BCUT2D eigenvalue weighted by atomic mass is 35.5. The van der Waals surface area contributed by atoms with Crippen LogP contribution in [0.15, 0.2) is 66.7 Å². The Morgan fingerprint density at radius 2 is 1.53 bits per heavy atom. The van der Waals surface area contributed by atoms with E-state index in [1.54, 1.807) is 42.5 Å². The largest absolute Gasteiger partial charge is 0.480 e. The van der Waals surface area contributed by atoms with Crippen LogP contribution in [0.1, 0.15) is 23.2 Å². The smallest absolute Gasteiger partial charge is 0.326 e. The van der Waals surface area contributed by atoms with E-state index < -0.39 is 18.0 Å². The molecule has 7 nitrogen and oxygen atoms in total. The van der Waals surface area contributed by atoms with Gasteiger partial charge in [0.1, 0.15) is 6.04 Å². The van der Waals surface area contributed by atoms with Crippen molar-refractivity contribution in [2.75, 3.05) is 17.2 Å². The van der Waals surface area contributed by atoms with Gasteiger partial charge >= 0.3 is 12.0 Å². The molecule has 9 heteroatoms. The van der Waals surface area contributed by atoms with Gasteiger partial charge in [-0.1, -0.05) is 53.5 Å². The second-order valence-electron chi connectivity index (χ2n) is 7.83. The van der Waals surface area contributed by atoms with Crippen LogP contribution in [-0.4, -0.2) is 40.5 Å². The van der Waals surface area contributed by atoms with Gasteiger partial charge in [-0.05, 0) is 60.4 Å². The van der Waals surface area contributed by atoms with Crippen molar-refractivity contribution in [1.29, 1.82) is 0 Å². The summed E-state index contributed by atoms with van der Waals surface area (Å²) in [6.45, 7) is 0.448. The topological polar surface area (TPSA) is 98.7 Å². The molecular formula is C25H21Cl2N3O4. The lowest BCUT2D eigenvalue weighted by Gasteiger charge is -2.21. The van der Waals surface area contributed by atoms with E-state index in [0.717, 1.165) is 11.1 Å². The van der Waals surface area contributed by atoms with Crippen LogP contribution in [0.3, 0.4) is 0 Å². The number of carboxylic acids is 1. The number of aliphatic carboxylic acids is 1. The highest BCUT2D eigenvalue weighted by Gasteiger charge is 2.34. The maximum absolute atomic E-state index is 12.7. The summed E-state index contributed by atoms with van der Waals surface area (Å²) in [5.41, 5.74) is 3.22. The zero-order valence-corrected chi connectivity index (χ0v) is 19.4. The summed E-state index contributed by atoms with van der Waals surface area (Å²) >= 11 is 12.1. The van der Waals surface area contributed by atoms with Gasteiger partial charge in [0.05, 0.1) is 15.7 Å². The predicted octanol–water partition coefficient (Wildman–Crippen LogP) is 5.99. The van der Waals surface area contributed by atoms with Gasteiger partial charge in [0.2, 0.25) is 0 Å². The second kappa shape index (κ2) is 10.2. The van der Waals surface area contributed by atoms with Crippen molar-refractivity contribution in [3.8, 4) is 11.1 Å². The summed E-state index contributed by atoms with van der Waals surface area (Å²) in [4.78, 5) is 37.8. The average Bonchev–Trinajstić information content (AvgIpc) is 3.33. The van der Waals surface area contributed by atoms with Crippen molar-refractivity contribution in [2.24, 2.45) is 0 Å². The number of carboxylic acid groups (broad SMARTS) is 1. The summed E-state index contributed by atoms with van der Waals surface area (Å²) in [5.74, 6) is -1.25. The van der Waals surface area contributed by atoms with Crippen LogP contribution in [0.4, 0.5) is 16.2 Å². The quantitative estimate of drug-likeness (QED) is 0.402. The van der Waals surface area contributed by atoms with Crippen LogP contribution in [0.25, 0.3) is 11.1 Å². The lowest BCUT2D eigenvalue weighted by Crippen LogP contribution is -2.40. The number of halogens is 2. The maximum Gasteiger partial charge on any atom is 0.326 e. The van der Waals surface area contributed by atoms with Crippen LogP contribution in [0, 0.1) is 0 Å². The molecule has 0 spiro atoms. The molecule has 3 amide bonds. The summed E-state index contributed by atoms with van der Waals surface area (Å²) in [7, 11) is 0. The molecular weight excluding hydrogens is 477 g/mol. The number of likely N-dealkylation sites (tertiary alicyclic amines) is 1. The first-order chi connectivity index (χ1) is 16.3. The van der Waals surface area contributed by atoms with E-state index in [1.165, 1.54) is 4.90 Å². The number of nitrogens with one attached hydrogen (secondary N) is 2. The van der Waals surface area contributed by atoms with Gasteiger partial charge in [-0.25, -0.2) is 9.59 Å². The van der Waals surface area contributed by atoms with Gasteiger partial charge in [0.15, 0.2) is 0 Å². The Morgan fingerprint density at radius 3 is 2.18 bits per heavy atom. The monoisotopic (exact) mass is 497 g/mol. The Morgan fingerprint density at radius 1 is 0.882 bits per heavy atom. The van der Waals surface area contributed by atoms with Gasteiger partial charge in [-0.15, -0.1) is 0 Å². The number of urea groups is 1. The number of anilines is 2. The molecule has 0 aliphatic carbocycles. The SMILES string of the molecule is O=C(Nc1ccc(-c2ccc(C(=O)N3CCC[C@H]3C(=O)O)cc2)cc1)Nc1cccc(Cl)c1Cl. The maximum atomic E-state index is 12.7. The molecule has 34 heavy (non-hydrogen) atoms. The molecule has 1 heterocycles. The molecule has 0 saturated carbocycles. The van der Waals surface area contributed by atoms with E-state index >= 15 is 0 Å². The zero-order valence-electron chi connectivity index (χ0n) is 17.9. The Hall–Kier alpha value is -3.55. The first kappa shape index (κ1) is 23.6.